The van der Waals surface area contributed by atoms with Crippen LogP contribution < -0.4 is 5.32 Å². The third-order valence-electron chi connectivity index (χ3n) is 3.83. The van der Waals surface area contributed by atoms with E-state index in [-0.39, 0.29) is 5.91 Å². The molecule has 0 heterocycles. The van der Waals surface area contributed by atoms with Gasteiger partial charge in [-0.2, -0.15) is 5.26 Å². The van der Waals surface area contributed by atoms with Crippen molar-refractivity contribution in [2.75, 3.05) is 0 Å². The number of hydrogen-bond acceptors (Lipinski definition) is 2. The molecular formula is C16H20N2O. The van der Waals surface area contributed by atoms with Gasteiger partial charge in [0.2, 0.25) is 5.91 Å². The lowest BCUT2D eigenvalue weighted by atomic mass is 10.0. The van der Waals surface area contributed by atoms with Gasteiger partial charge in [0.15, 0.2) is 0 Å². The second-order valence-corrected chi connectivity index (χ2v) is 5.27. The van der Waals surface area contributed by atoms with Gasteiger partial charge in [-0.3, -0.25) is 4.79 Å². The van der Waals surface area contributed by atoms with Crippen LogP contribution in [0.3, 0.4) is 0 Å². The molecule has 0 spiro atoms. The normalized spacial score (nSPS) is 15.1. The lowest BCUT2D eigenvalue weighted by Gasteiger charge is -2.09. The fourth-order valence-electron chi connectivity index (χ4n) is 2.62. The van der Waals surface area contributed by atoms with Crippen LogP contribution in [0.1, 0.15) is 49.7 Å². The molecule has 2 rings (SSSR count). The topological polar surface area (TPSA) is 52.9 Å². The average Bonchev–Trinajstić information content (AvgIpc) is 2.96. The predicted molar refractivity (Wildman–Crippen MR) is 74.2 cm³/mol. The van der Waals surface area contributed by atoms with E-state index in [4.69, 9.17) is 5.26 Å². The maximum atomic E-state index is 11.7. The third kappa shape index (κ3) is 4.40. The van der Waals surface area contributed by atoms with Crippen molar-refractivity contribution in [3.05, 3.63) is 35.4 Å². The molecule has 0 bridgehead atoms. The highest BCUT2D eigenvalue weighted by molar-refractivity contribution is 5.75. The maximum absolute atomic E-state index is 11.7. The fraction of sp³-hybridized carbons (Fsp3) is 0.500. The molecule has 0 aliphatic heterocycles. The quantitative estimate of drug-likeness (QED) is 0.879. The van der Waals surface area contributed by atoms with Crippen LogP contribution in [0.4, 0.5) is 0 Å². The van der Waals surface area contributed by atoms with Gasteiger partial charge in [-0.1, -0.05) is 37.8 Å². The van der Waals surface area contributed by atoms with E-state index in [2.05, 4.69) is 11.4 Å². The molecule has 19 heavy (non-hydrogen) atoms. The van der Waals surface area contributed by atoms with E-state index in [9.17, 15) is 4.79 Å². The number of carbonyl (C=O) groups excluding carboxylic acids is 1. The number of nitrogens with one attached hydrogen (secondary N) is 1. The largest absolute Gasteiger partial charge is 0.352 e. The van der Waals surface area contributed by atoms with Crippen molar-refractivity contribution in [3.63, 3.8) is 0 Å². The lowest BCUT2D eigenvalue weighted by Crippen LogP contribution is -2.22. The first-order valence-corrected chi connectivity index (χ1v) is 7.03. The van der Waals surface area contributed by atoms with Gasteiger partial charge in [0.25, 0.3) is 0 Å². The SMILES string of the molecule is N#Cc1ccc(CNC(=O)CCC2CCCC2)cc1. The predicted octanol–water partition coefficient (Wildman–Crippen LogP) is 3.14. The first kappa shape index (κ1) is 13.6. The minimum atomic E-state index is 0.135. The molecule has 1 aliphatic rings. The van der Waals surface area contributed by atoms with Crippen molar-refractivity contribution in [1.29, 1.82) is 5.26 Å². The number of benzene rings is 1. The van der Waals surface area contributed by atoms with Crippen LogP contribution in [0.15, 0.2) is 24.3 Å². The Bertz CT molecular complexity index is 453. The zero-order valence-corrected chi connectivity index (χ0v) is 11.2. The lowest BCUT2D eigenvalue weighted by molar-refractivity contribution is -0.121. The van der Waals surface area contributed by atoms with Crippen molar-refractivity contribution in [2.24, 2.45) is 5.92 Å². The number of amides is 1. The van der Waals surface area contributed by atoms with Crippen LogP contribution in [-0.2, 0) is 11.3 Å². The first-order chi connectivity index (χ1) is 9.28. The molecule has 0 aromatic heterocycles. The molecule has 1 aliphatic carbocycles. The summed E-state index contributed by atoms with van der Waals surface area (Å²) in [5, 5.41) is 11.6. The summed E-state index contributed by atoms with van der Waals surface area (Å²) in [4.78, 5) is 11.7. The average molecular weight is 256 g/mol. The molecule has 0 atom stereocenters. The van der Waals surface area contributed by atoms with E-state index >= 15 is 0 Å². The molecule has 1 amide bonds. The zero-order chi connectivity index (χ0) is 13.5. The fourth-order valence-corrected chi connectivity index (χ4v) is 2.62. The summed E-state index contributed by atoms with van der Waals surface area (Å²) >= 11 is 0. The molecule has 100 valence electrons. The van der Waals surface area contributed by atoms with E-state index in [0.29, 0.717) is 18.5 Å². The number of rotatable bonds is 5. The van der Waals surface area contributed by atoms with Gasteiger partial charge in [0, 0.05) is 13.0 Å². The second-order valence-electron chi connectivity index (χ2n) is 5.27. The Labute approximate surface area is 114 Å². The van der Waals surface area contributed by atoms with Gasteiger partial charge in [-0.15, -0.1) is 0 Å². The Balaban J connectivity index is 1.69. The molecule has 1 N–H and O–H groups in total. The zero-order valence-electron chi connectivity index (χ0n) is 11.2. The molecule has 0 unspecified atom stereocenters. The molecule has 1 aromatic rings. The highest BCUT2D eigenvalue weighted by Gasteiger charge is 2.15. The smallest absolute Gasteiger partial charge is 0.220 e. The molecule has 0 saturated heterocycles. The minimum Gasteiger partial charge on any atom is -0.352 e. The molecule has 3 heteroatoms. The van der Waals surface area contributed by atoms with Crippen molar-refractivity contribution in [3.8, 4) is 6.07 Å². The van der Waals surface area contributed by atoms with Gasteiger partial charge in [-0.25, -0.2) is 0 Å². The Morgan fingerprint density at radius 2 is 1.95 bits per heavy atom. The second kappa shape index (κ2) is 6.94. The molecule has 3 nitrogen and oxygen atoms in total. The Morgan fingerprint density at radius 3 is 2.58 bits per heavy atom. The number of nitriles is 1. The van der Waals surface area contributed by atoms with Gasteiger partial charge < -0.3 is 5.32 Å². The summed E-state index contributed by atoms with van der Waals surface area (Å²) in [6, 6.07) is 9.41. The number of nitrogens with zero attached hydrogens (tertiary/aromatic N) is 1. The highest BCUT2D eigenvalue weighted by atomic mass is 16.1. The Kier molecular flexibility index (Phi) is 4.97. The standard InChI is InChI=1S/C16H20N2O/c17-11-14-5-7-15(8-6-14)12-18-16(19)10-9-13-3-1-2-4-13/h5-8,13H,1-4,9-10,12H2,(H,18,19). The van der Waals surface area contributed by atoms with E-state index in [1.54, 1.807) is 12.1 Å². The van der Waals surface area contributed by atoms with E-state index in [1.165, 1.54) is 25.7 Å². The van der Waals surface area contributed by atoms with E-state index < -0.39 is 0 Å². The van der Waals surface area contributed by atoms with Gasteiger partial charge in [0.1, 0.15) is 0 Å². The maximum Gasteiger partial charge on any atom is 0.220 e. The van der Waals surface area contributed by atoms with Crippen LogP contribution >= 0.6 is 0 Å². The van der Waals surface area contributed by atoms with Crippen LogP contribution in [0.5, 0.6) is 0 Å². The third-order valence-corrected chi connectivity index (χ3v) is 3.83. The van der Waals surface area contributed by atoms with Gasteiger partial charge >= 0.3 is 0 Å². The van der Waals surface area contributed by atoms with Crippen LogP contribution in [0, 0.1) is 17.2 Å². The van der Waals surface area contributed by atoms with Crippen molar-refractivity contribution < 1.29 is 4.79 Å². The monoisotopic (exact) mass is 256 g/mol. The summed E-state index contributed by atoms with van der Waals surface area (Å²) in [6.07, 6.45) is 6.92. The molecule has 0 radical (unpaired) electrons. The Morgan fingerprint density at radius 1 is 1.26 bits per heavy atom. The van der Waals surface area contributed by atoms with Crippen LogP contribution in [-0.4, -0.2) is 5.91 Å². The van der Waals surface area contributed by atoms with Crippen molar-refractivity contribution in [2.45, 2.75) is 45.1 Å². The first-order valence-electron chi connectivity index (χ1n) is 7.03. The minimum absolute atomic E-state index is 0.135. The van der Waals surface area contributed by atoms with Crippen LogP contribution in [0.2, 0.25) is 0 Å². The summed E-state index contributed by atoms with van der Waals surface area (Å²) in [5.41, 5.74) is 1.68. The molecular weight excluding hydrogens is 236 g/mol. The highest BCUT2D eigenvalue weighted by Crippen LogP contribution is 2.28. The molecule has 1 aromatic carbocycles. The number of hydrogen-bond donors (Lipinski definition) is 1. The summed E-state index contributed by atoms with van der Waals surface area (Å²) < 4.78 is 0. The summed E-state index contributed by atoms with van der Waals surface area (Å²) in [6.45, 7) is 0.551. The van der Waals surface area contributed by atoms with Gasteiger partial charge in [-0.05, 0) is 30.0 Å². The van der Waals surface area contributed by atoms with Gasteiger partial charge in [0.05, 0.1) is 11.6 Å². The summed E-state index contributed by atoms with van der Waals surface area (Å²) in [7, 11) is 0. The van der Waals surface area contributed by atoms with Crippen LogP contribution in [0.25, 0.3) is 0 Å². The molecule has 1 fully saturated rings. The number of carbonyl (C=O) groups is 1. The van der Waals surface area contributed by atoms with Crippen molar-refractivity contribution in [1.82, 2.24) is 5.32 Å². The van der Waals surface area contributed by atoms with E-state index in [0.717, 1.165) is 17.9 Å². The Hall–Kier alpha value is -1.82. The summed E-state index contributed by atoms with van der Waals surface area (Å²) in [5.74, 6) is 0.900. The molecule has 1 saturated carbocycles. The van der Waals surface area contributed by atoms with E-state index in [1.807, 2.05) is 12.1 Å². The van der Waals surface area contributed by atoms with Crippen molar-refractivity contribution >= 4 is 5.91 Å².